The van der Waals surface area contributed by atoms with Crippen LogP contribution in [0.5, 0.6) is 0 Å². The molecule has 0 radical (unpaired) electrons. The molecule has 4 nitrogen and oxygen atoms in total. The highest BCUT2D eigenvalue weighted by Crippen LogP contribution is 2.10. The third-order valence-corrected chi connectivity index (χ3v) is 2.31. The molecule has 1 aliphatic heterocycles. The Morgan fingerprint density at radius 3 is 3.07 bits per heavy atom. The fourth-order valence-corrected chi connectivity index (χ4v) is 1.46. The van der Waals surface area contributed by atoms with Gasteiger partial charge in [-0.25, -0.2) is 0 Å². The molecule has 2 N–H and O–H groups in total. The fourth-order valence-electron chi connectivity index (χ4n) is 1.46. The zero-order valence-corrected chi connectivity index (χ0v) is 8.84. The van der Waals surface area contributed by atoms with E-state index >= 15 is 0 Å². The van der Waals surface area contributed by atoms with Crippen LogP contribution in [0.15, 0.2) is 0 Å². The topological polar surface area (TPSA) is 50.4 Å². The summed E-state index contributed by atoms with van der Waals surface area (Å²) in [6, 6.07) is 0. The molecule has 0 bridgehead atoms. The Bertz CT molecular complexity index is 168. The van der Waals surface area contributed by atoms with Crippen molar-refractivity contribution in [3.63, 3.8) is 0 Å². The summed E-state index contributed by atoms with van der Waals surface area (Å²) < 4.78 is 5.24. The molecule has 1 heterocycles. The van der Waals surface area contributed by atoms with Crippen molar-refractivity contribution in [1.29, 1.82) is 0 Å². The molecule has 4 heteroatoms. The van der Waals surface area contributed by atoms with Gasteiger partial charge in [0, 0.05) is 19.7 Å². The summed E-state index contributed by atoms with van der Waals surface area (Å²) in [6.45, 7) is 5.84. The molecule has 82 valence electrons. The van der Waals surface area contributed by atoms with E-state index in [0.29, 0.717) is 12.5 Å². The predicted octanol–water partition coefficient (Wildman–Crippen LogP) is 0.139. The maximum atomic E-state index is 11.2. The average Bonchev–Trinajstić information content (AvgIpc) is 2.67. The molecule has 1 fully saturated rings. The molecular weight excluding hydrogens is 180 g/mol. The summed E-state index contributed by atoms with van der Waals surface area (Å²) in [5, 5.41) is 5.97. The van der Waals surface area contributed by atoms with Crippen molar-refractivity contribution in [2.24, 2.45) is 5.92 Å². The first-order valence-corrected chi connectivity index (χ1v) is 5.38. The number of ether oxygens (including phenoxy) is 1. The van der Waals surface area contributed by atoms with Crippen LogP contribution in [0.4, 0.5) is 0 Å². The number of hydrogen-bond acceptors (Lipinski definition) is 3. The van der Waals surface area contributed by atoms with Gasteiger partial charge in [0.1, 0.15) is 0 Å². The minimum Gasteiger partial charge on any atom is -0.381 e. The molecule has 1 rings (SSSR count). The zero-order valence-electron chi connectivity index (χ0n) is 8.84. The lowest BCUT2D eigenvalue weighted by molar-refractivity contribution is -0.120. The average molecular weight is 200 g/mol. The number of rotatable bonds is 6. The molecule has 1 amide bonds. The summed E-state index contributed by atoms with van der Waals surface area (Å²) in [7, 11) is 0. The second-order valence-corrected chi connectivity index (χ2v) is 3.71. The Balaban J connectivity index is 1.94. The Morgan fingerprint density at radius 2 is 2.43 bits per heavy atom. The van der Waals surface area contributed by atoms with E-state index in [4.69, 9.17) is 4.74 Å². The highest BCUT2D eigenvalue weighted by molar-refractivity contribution is 5.77. The Kier molecular flexibility index (Phi) is 5.56. The van der Waals surface area contributed by atoms with E-state index in [0.717, 1.165) is 39.1 Å². The second-order valence-electron chi connectivity index (χ2n) is 3.71. The summed E-state index contributed by atoms with van der Waals surface area (Å²) in [5.74, 6) is 0.680. The molecule has 1 saturated heterocycles. The zero-order chi connectivity index (χ0) is 10.2. The van der Waals surface area contributed by atoms with Gasteiger partial charge in [-0.3, -0.25) is 4.79 Å². The van der Waals surface area contributed by atoms with Crippen LogP contribution in [0, 0.1) is 5.92 Å². The van der Waals surface area contributed by atoms with Crippen LogP contribution in [0.1, 0.15) is 19.8 Å². The van der Waals surface area contributed by atoms with Crippen molar-refractivity contribution in [3.05, 3.63) is 0 Å². The van der Waals surface area contributed by atoms with Gasteiger partial charge in [-0.1, -0.05) is 6.92 Å². The van der Waals surface area contributed by atoms with E-state index in [1.54, 1.807) is 0 Å². The predicted molar refractivity (Wildman–Crippen MR) is 55.1 cm³/mol. The first-order valence-electron chi connectivity index (χ1n) is 5.38. The standard InChI is InChI=1S/C10H20N2O2/c1-2-4-12-10(13)7-11-6-9-3-5-14-8-9/h9,11H,2-8H2,1H3,(H,12,13). The van der Waals surface area contributed by atoms with E-state index in [2.05, 4.69) is 10.6 Å². The molecule has 1 unspecified atom stereocenters. The number of carbonyl (C=O) groups excluding carboxylic acids is 1. The lowest BCUT2D eigenvalue weighted by atomic mass is 10.1. The molecule has 1 aliphatic rings. The first kappa shape index (κ1) is 11.5. The van der Waals surface area contributed by atoms with Gasteiger partial charge in [0.05, 0.1) is 13.2 Å². The monoisotopic (exact) mass is 200 g/mol. The molecule has 0 saturated carbocycles. The number of hydrogen-bond donors (Lipinski definition) is 2. The van der Waals surface area contributed by atoms with Crippen LogP contribution in [0.2, 0.25) is 0 Å². The van der Waals surface area contributed by atoms with Crippen LogP contribution in [-0.4, -0.2) is 38.8 Å². The molecule has 0 aromatic rings. The van der Waals surface area contributed by atoms with Gasteiger partial charge in [-0.2, -0.15) is 0 Å². The molecule has 0 spiro atoms. The Morgan fingerprint density at radius 1 is 1.57 bits per heavy atom. The number of carbonyl (C=O) groups is 1. The van der Waals surface area contributed by atoms with Gasteiger partial charge in [-0.05, 0) is 18.8 Å². The summed E-state index contributed by atoms with van der Waals surface area (Å²) >= 11 is 0. The minimum atomic E-state index is 0.0887. The van der Waals surface area contributed by atoms with Crippen LogP contribution in [0.3, 0.4) is 0 Å². The molecular formula is C10H20N2O2. The Hall–Kier alpha value is -0.610. The van der Waals surface area contributed by atoms with Gasteiger partial charge in [-0.15, -0.1) is 0 Å². The van der Waals surface area contributed by atoms with Crippen LogP contribution >= 0.6 is 0 Å². The quantitative estimate of drug-likeness (QED) is 0.641. The second kappa shape index (κ2) is 6.79. The molecule has 0 aliphatic carbocycles. The highest BCUT2D eigenvalue weighted by Gasteiger charge is 2.14. The van der Waals surface area contributed by atoms with Gasteiger partial charge in [0.25, 0.3) is 0 Å². The summed E-state index contributed by atoms with van der Waals surface area (Å²) in [4.78, 5) is 11.2. The van der Waals surface area contributed by atoms with Crippen LogP contribution < -0.4 is 10.6 Å². The molecule has 1 atom stereocenters. The lowest BCUT2D eigenvalue weighted by Crippen LogP contribution is -2.36. The fraction of sp³-hybridized carbons (Fsp3) is 0.900. The maximum absolute atomic E-state index is 11.2. The summed E-state index contributed by atoms with van der Waals surface area (Å²) in [5.41, 5.74) is 0. The van der Waals surface area contributed by atoms with Crippen LogP contribution in [0.25, 0.3) is 0 Å². The maximum Gasteiger partial charge on any atom is 0.233 e. The highest BCUT2D eigenvalue weighted by atomic mass is 16.5. The van der Waals surface area contributed by atoms with E-state index in [1.807, 2.05) is 6.92 Å². The van der Waals surface area contributed by atoms with Gasteiger partial charge >= 0.3 is 0 Å². The van der Waals surface area contributed by atoms with E-state index in [9.17, 15) is 4.79 Å². The third kappa shape index (κ3) is 4.58. The first-order chi connectivity index (χ1) is 6.83. The van der Waals surface area contributed by atoms with Crippen molar-refractivity contribution in [2.45, 2.75) is 19.8 Å². The van der Waals surface area contributed by atoms with Gasteiger partial charge in [0.15, 0.2) is 0 Å². The minimum absolute atomic E-state index is 0.0887. The van der Waals surface area contributed by atoms with Crippen LogP contribution in [-0.2, 0) is 9.53 Å². The van der Waals surface area contributed by atoms with E-state index in [-0.39, 0.29) is 5.91 Å². The molecule has 14 heavy (non-hydrogen) atoms. The Labute approximate surface area is 85.4 Å². The van der Waals surface area contributed by atoms with Crippen molar-refractivity contribution in [2.75, 3.05) is 32.8 Å². The number of nitrogens with one attached hydrogen (secondary N) is 2. The largest absolute Gasteiger partial charge is 0.381 e. The van der Waals surface area contributed by atoms with Crippen molar-refractivity contribution >= 4 is 5.91 Å². The van der Waals surface area contributed by atoms with Crippen molar-refractivity contribution in [3.8, 4) is 0 Å². The smallest absolute Gasteiger partial charge is 0.233 e. The molecule has 0 aromatic heterocycles. The SMILES string of the molecule is CCCNC(=O)CNCC1CCOC1. The van der Waals surface area contributed by atoms with Gasteiger partial charge < -0.3 is 15.4 Å². The van der Waals surface area contributed by atoms with Crippen molar-refractivity contribution in [1.82, 2.24) is 10.6 Å². The summed E-state index contributed by atoms with van der Waals surface area (Å²) in [6.07, 6.45) is 2.10. The lowest BCUT2D eigenvalue weighted by Gasteiger charge is -2.09. The van der Waals surface area contributed by atoms with Crippen molar-refractivity contribution < 1.29 is 9.53 Å². The van der Waals surface area contributed by atoms with Gasteiger partial charge in [0.2, 0.25) is 5.91 Å². The third-order valence-electron chi connectivity index (χ3n) is 2.31. The normalized spacial score (nSPS) is 21.1. The van der Waals surface area contributed by atoms with E-state index in [1.165, 1.54) is 0 Å². The number of amides is 1. The molecule has 0 aromatic carbocycles. The van der Waals surface area contributed by atoms with E-state index < -0.39 is 0 Å².